The molecule has 2 aromatic rings. The van der Waals surface area contributed by atoms with Crippen LogP contribution in [0.3, 0.4) is 0 Å². The molecule has 1 fully saturated rings. The van der Waals surface area contributed by atoms with Crippen LogP contribution in [0.4, 0.5) is 0 Å². The molecular formula is C21H22N2O6. The van der Waals surface area contributed by atoms with Crippen LogP contribution in [0.15, 0.2) is 48.5 Å². The van der Waals surface area contributed by atoms with Crippen molar-refractivity contribution in [3.8, 4) is 11.5 Å². The van der Waals surface area contributed by atoms with Gasteiger partial charge in [-0.2, -0.15) is 0 Å². The molecule has 2 amide bonds. The van der Waals surface area contributed by atoms with E-state index in [-0.39, 0.29) is 24.0 Å². The normalized spacial score (nSPS) is 13.7. The van der Waals surface area contributed by atoms with Gasteiger partial charge >= 0.3 is 5.97 Å². The molecular weight excluding hydrogens is 376 g/mol. The predicted molar refractivity (Wildman–Crippen MR) is 104 cm³/mol. The maximum atomic E-state index is 12.6. The average molecular weight is 398 g/mol. The molecule has 0 saturated carbocycles. The number of carboxylic acids is 1. The van der Waals surface area contributed by atoms with Crippen LogP contribution in [0, 0.1) is 0 Å². The van der Waals surface area contributed by atoms with Crippen LogP contribution >= 0.6 is 0 Å². The van der Waals surface area contributed by atoms with Crippen molar-refractivity contribution in [3.05, 3.63) is 59.7 Å². The van der Waals surface area contributed by atoms with Gasteiger partial charge in [-0.25, -0.2) is 4.79 Å². The van der Waals surface area contributed by atoms with Gasteiger partial charge in [-0.05, 0) is 42.5 Å². The van der Waals surface area contributed by atoms with E-state index in [2.05, 4.69) is 0 Å². The van der Waals surface area contributed by atoms with Gasteiger partial charge in [0.15, 0.2) is 6.61 Å². The zero-order chi connectivity index (χ0) is 20.8. The average Bonchev–Trinajstić information content (AvgIpc) is 2.77. The van der Waals surface area contributed by atoms with Gasteiger partial charge in [0.1, 0.15) is 11.5 Å². The highest BCUT2D eigenvalue weighted by molar-refractivity contribution is 5.97. The lowest BCUT2D eigenvalue weighted by Crippen LogP contribution is -2.51. The molecule has 0 bridgehead atoms. The summed E-state index contributed by atoms with van der Waals surface area (Å²) in [4.78, 5) is 39.3. The van der Waals surface area contributed by atoms with E-state index in [0.29, 0.717) is 43.2 Å². The molecule has 1 saturated heterocycles. The number of piperazine rings is 1. The zero-order valence-corrected chi connectivity index (χ0v) is 16.0. The van der Waals surface area contributed by atoms with Crippen LogP contribution in [-0.2, 0) is 4.79 Å². The fourth-order valence-corrected chi connectivity index (χ4v) is 3.04. The molecule has 1 heterocycles. The first kappa shape index (κ1) is 20.2. The molecule has 1 aliphatic rings. The van der Waals surface area contributed by atoms with Crippen LogP contribution in [0.25, 0.3) is 0 Å². The first-order chi connectivity index (χ1) is 14.0. The van der Waals surface area contributed by atoms with Crippen LogP contribution in [-0.4, -0.2) is 72.6 Å². The lowest BCUT2D eigenvalue weighted by Gasteiger charge is -2.34. The van der Waals surface area contributed by atoms with E-state index in [4.69, 9.17) is 14.6 Å². The molecule has 0 atom stereocenters. The number of rotatable bonds is 6. The molecule has 0 unspecified atom stereocenters. The molecule has 152 valence electrons. The second kappa shape index (κ2) is 9.09. The largest absolute Gasteiger partial charge is 0.497 e. The summed E-state index contributed by atoms with van der Waals surface area (Å²) >= 11 is 0. The number of benzene rings is 2. The first-order valence-electron chi connectivity index (χ1n) is 9.15. The SMILES string of the molecule is COc1ccc(OCC(=O)N2CCN(C(=O)c3cccc(C(=O)O)c3)CC2)cc1. The second-order valence-electron chi connectivity index (χ2n) is 6.52. The Morgan fingerprint density at radius 3 is 2.10 bits per heavy atom. The lowest BCUT2D eigenvalue weighted by atomic mass is 10.1. The van der Waals surface area contributed by atoms with E-state index in [1.54, 1.807) is 53.3 Å². The van der Waals surface area contributed by atoms with Gasteiger partial charge in [0, 0.05) is 31.7 Å². The molecule has 29 heavy (non-hydrogen) atoms. The Labute approximate surface area is 168 Å². The third-order valence-corrected chi connectivity index (χ3v) is 4.70. The summed E-state index contributed by atoms with van der Waals surface area (Å²) in [5, 5.41) is 9.07. The molecule has 0 aromatic heterocycles. The quantitative estimate of drug-likeness (QED) is 0.797. The van der Waals surface area contributed by atoms with Crippen molar-refractivity contribution in [2.24, 2.45) is 0 Å². The van der Waals surface area contributed by atoms with Crippen molar-refractivity contribution in [3.63, 3.8) is 0 Å². The van der Waals surface area contributed by atoms with Crippen LogP contribution < -0.4 is 9.47 Å². The molecule has 1 aliphatic heterocycles. The number of carbonyl (C=O) groups is 3. The summed E-state index contributed by atoms with van der Waals surface area (Å²) in [7, 11) is 1.58. The highest BCUT2D eigenvalue weighted by atomic mass is 16.5. The number of nitrogens with zero attached hydrogens (tertiary/aromatic N) is 2. The maximum absolute atomic E-state index is 12.6. The minimum atomic E-state index is -1.08. The number of carboxylic acid groups (broad SMARTS) is 1. The molecule has 8 heteroatoms. The minimum Gasteiger partial charge on any atom is -0.497 e. The highest BCUT2D eigenvalue weighted by Gasteiger charge is 2.25. The van der Waals surface area contributed by atoms with Crippen molar-refractivity contribution in [2.75, 3.05) is 39.9 Å². The van der Waals surface area contributed by atoms with Crippen LogP contribution in [0.2, 0.25) is 0 Å². The summed E-state index contributed by atoms with van der Waals surface area (Å²) in [6, 6.07) is 12.9. The smallest absolute Gasteiger partial charge is 0.335 e. The fraction of sp³-hybridized carbons (Fsp3) is 0.286. The van der Waals surface area contributed by atoms with E-state index in [9.17, 15) is 14.4 Å². The summed E-state index contributed by atoms with van der Waals surface area (Å²) in [6.07, 6.45) is 0. The maximum Gasteiger partial charge on any atom is 0.335 e. The van der Waals surface area contributed by atoms with Gasteiger partial charge in [-0.15, -0.1) is 0 Å². The number of hydrogen-bond donors (Lipinski definition) is 1. The third-order valence-electron chi connectivity index (χ3n) is 4.70. The Balaban J connectivity index is 1.50. The fourth-order valence-electron chi connectivity index (χ4n) is 3.04. The van der Waals surface area contributed by atoms with Gasteiger partial charge < -0.3 is 24.4 Å². The van der Waals surface area contributed by atoms with Crippen molar-refractivity contribution >= 4 is 17.8 Å². The van der Waals surface area contributed by atoms with Gasteiger partial charge in [0.2, 0.25) is 0 Å². The molecule has 8 nitrogen and oxygen atoms in total. The van der Waals surface area contributed by atoms with Crippen LogP contribution in [0.1, 0.15) is 20.7 Å². The summed E-state index contributed by atoms with van der Waals surface area (Å²) in [5.41, 5.74) is 0.396. The molecule has 1 N–H and O–H groups in total. The summed E-state index contributed by atoms with van der Waals surface area (Å²) < 4.78 is 10.6. The Hall–Kier alpha value is -3.55. The monoisotopic (exact) mass is 398 g/mol. The Morgan fingerprint density at radius 2 is 1.48 bits per heavy atom. The molecule has 3 rings (SSSR count). The standard InChI is InChI=1S/C21H22N2O6/c1-28-17-5-7-18(8-6-17)29-14-19(24)22-9-11-23(12-10-22)20(25)15-3-2-4-16(13-15)21(26)27/h2-8,13H,9-12,14H2,1H3,(H,26,27). The minimum absolute atomic E-state index is 0.0698. The highest BCUT2D eigenvalue weighted by Crippen LogP contribution is 2.17. The van der Waals surface area contributed by atoms with Crippen molar-refractivity contribution in [1.29, 1.82) is 0 Å². The summed E-state index contributed by atoms with van der Waals surface area (Å²) in [6.45, 7) is 1.47. The first-order valence-corrected chi connectivity index (χ1v) is 9.15. The number of ether oxygens (including phenoxy) is 2. The van der Waals surface area contributed by atoms with Gasteiger partial charge in [-0.3, -0.25) is 9.59 Å². The summed E-state index contributed by atoms with van der Waals surface area (Å²) in [5.74, 6) is -0.188. The predicted octanol–water partition coefficient (Wildman–Crippen LogP) is 1.76. The van der Waals surface area contributed by atoms with Gasteiger partial charge in [0.25, 0.3) is 11.8 Å². The lowest BCUT2D eigenvalue weighted by molar-refractivity contribution is -0.134. The van der Waals surface area contributed by atoms with E-state index in [1.807, 2.05) is 0 Å². The van der Waals surface area contributed by atoms with Gasteiger partial charge in [0.05, 0.1) is 12.7 Å². The third kappa shape index (κ3) is 5.04. The molecule has 0 aliphatic carbocycles. The van der Waals surface area contributed by atoms with Crippen molar-refractivity contribution < 1.29 is 29.0 Å². The van der Waals surface area contributed by atoms with Gasteiger partial charge in [-0.1, -0.05) is 6.07 Å². The number of hydrogen-bond acceptors (Lipinski definition) is 5. The topological polar surface area (TPSA) is 96.4 Å². The van der Waals surface area contributed by atoms with E-state index in [0.717, 1.165) is 0 Å². The zero-order valence-electron chi connectivity index (χ0n) is 16.0. The molecule has 2 aromatic carbocycles. The Morgan fingerprint density at radius 1 is 0.897 bits per heavy atom. The Kier molecular flexibility index (Phi) is 6.33. The second-order valence-corrected chi connectivity index (χ2v) is 6.52. The number of carbonyl (C=O) groups excluding carboxylic acids is 2. The van der Waals surface area contributed by atoms with Crippen molar-refractivity contribution in [2.45, 2.75) is 0 Å². The Bertz CT molecular complexity index is 888. The number of methoxy groups -OCH3 is 1. The van der Waals surface area contributed by atoms with E-state index < -0.39 is 5.97 Å². The van der Waals surface area contributed by atoms with Crippen LogP contribution in [0.5, 0.6) is 11.5 Å². The molecule has 0 radical (unpaired) electrons. The number of amides is 2. The van der Waals surface area contributed by atoms with Crippen molar-refractivity contribution in [1.82, 2.24) is 9.80 Å². The van der Waals surface area contributed by atoms with E-state index >= 15 is 0 Å². The number of aromatic carboxylic acids is 1. The molecule has 0 spiro atoms. The van der Waals surface area contributed by atoms with E-state index in [1.165, 1.54) is 12.1 Å².